The molecule has 0 unspecified atom stereocenters. The molecule has 1 aliphatic rings. The van der Waals surface area contributed by atoms with Crippen molar-refractivity contribution in [2.75, 3.05) is 40.3 Å². The average molecular weight is 318 g/mol. The number of hydrogen-bond acceptors (Lipinski definition) is 3. The second-order valence-electron chi connectivity index (χ2n) is 6.37. The van der Waals surface area contributed by atoms with Crippen molar-refractivity contribution in [1.29, 1.82) is 0 Å². The number of likely N-dealkylation sites (N-methyl/N-ethyl adjacent to an activating group) is 1. The van der Waals surface area contributed by atoms with E-state index < -0.39 is 0 Å². The topological polar surface area (TPSA) is 54.1 Å². The molecule has 1 saturated heterocycles. The molecule has 0 amide bonds. The quantitative estimate of drug-likeness (QED) is 0.646. The minimum Gasteiger partial charge on any atom is -0.492 e. The van der Waals surface area contributed by atoms with Crippen LogP contribution >= 0.6 is 0 Å². The van der Waals surface area contributed by atoms with E-state index in [0.29, 0.717) is 19.1 Å². The molecule has 1 aromatic rings. The monoisotopic (exact) mass is 318 g/mol. The maximum atomic E-state index is 6.16. The van der Waals surface area contributed by atoms with E-state index in [-0.39, 0.29) is 0 Å². The van der Waals surface area contributed by atoms with Crippen LogP contribution in [0.3, 0.4) is 0 Å². The van der Waals surface area contributed by atoms with Crippen molar-refractivity contribution >= 4 is 5.96 Å². The summed E-state index contributed by atoms with van der Waals surface area (Å²) in [5.41, 5.74) is 7.29. The Morgan fingerprint density at radius 1 is 1.22 bits per heavy atom. The number of hydrogen-bond donors (Lipinski definition) is 1. The van der Waals surface area contributed by atoms with Gasteiger partial charge in [-0.25, -0.2) is 4.99 Å². The third-order valence-corrected chi connectivity index (χ3v) is 4.06. The first kappa shape index (κ1) is 17.6. The van der Waals surface area contributed by atoms with Gasteiger partial charge in [0.15, 0.2) is 5.96 Å². The Labute approximate surface area is 140 Å². The van der Waals surface area contributed by atoms with E-state index in [9.17, 15) is 0 Å². The highest BCUT2D eigenvalue weighted by Gasteiger charge is 2.10. The molecule has 5 heteroatoms. The zero-order valence-electron chi connectivity index (χ0n) is 14.5. The fourth-order valence-corrected chi connectivity index (χ4v) is 2.65. The van der Waals surface area contributed by atoms with E-state index in [4.69, 9.17) is 10.5 Å². The van der Waals surface area contributed by atoms with Crippen LogP contribution in [0.1, 0.15) is 31.2 Å². The van der Waals surface area contributed by atoms with Crippen LogP contribution in [-0.2, 0) is 6.54 Å². The Balaban J connectivity index is 1.87. The first-order valence-electron chi connectivity index (χ1n) is 8.56. The summed E-state index contributed by atoms with van der Waals surface area (Å²) >= 11 is 0. The minimum atomic E-state index is 0.604. The van der Waals surface area contributed by atoms with Crippen LogP contribution in [0, 0.1) is 0 Å². The summed E-state index contributed by atoms with van der Waals surface area (Å²) < 4.78 is 5.77. The molecule has 0 radical (unpaired) electrons. The molecule has 1 aliphatic heterocycles. The molecule has 1 aromatic carbocycles. The lowest BCUT2D eigenvalue weighted by Gasteiger charge is -2.21. The summed E-state index contributed by atoms with van der Waals surface area (Å²) in [6.45, 7) is 4.26. The van der Waals surface area contributed by atoms with E-state index in [1.807, 2.05) is 26.2 Å². The molecule has 1 fully saturated rings. The molecule has 1 heterocycles. The van der Waals surface area contributed by atoms with E-state index in [1.165, 1.54) is 25.7 Å². The summed E-state index contributed by atoms with van der Waals surface area (Å²) in [5, 5.41) is 0. The normalized spacial score (nSPS) is 16.5. The number of nitrogens with zero attached hydrogens (tertiary/aromatic N) is 3. The molecule has 0 saturated carbocycles. The predicted octanol–water partition coefficient (Wildman–Crippen LogP) is 2.32. The van der Waals surface area contributed by atoms with Gasteiger partial charge in [0.1, 0.15) is 12.4 Å². The van der Waals surface area contributed by atoms with Crippen LogP contribution in [0.2, 0.25) is 0 Å². The van der Waals surface area contributed by atoms with E-state index >= 15 is 0 Å². The number of guanidine groups is 1. The van der Waals surface area contributed by atoms with Crippen molar-refractivity contribution in [1.82, 2.24) is 9.80 Å². The SMILES string of the molecule is CN(C)CCOc1cccc(CN=C(N)N2CCCCCC2)c1. The molecule has 0 bridgehead atoms. The van der Waals surface area contributed by atoms with Gasteiger partial charge in [-0.1, -0.05) is 25.0 Å². The number of nitrogens with two attached hydrogens (primary N) is 1. The smallest absolute Gasteiger partial charge is 0.191 e. The van der Waals surface area contributed by atoms with Crippen molar-refractivity contribution < 1.29 is 4.74 Å². The van der Waals surface area contributed by atoms with Gasteiger partial charge < -0.3 is 20.3 Å². The minimum absolute atomic E-state index is 0.604. The zero-order valence-corrected chi connectivity index (χ0v) is 14.5. The largest absolute Gasteiger partial charge is 0.492 e. The number of aliphatic imine (C=N–C) groups is 1. The number of ether oxygens (including phenoxy) is 1. The van der Waals surface area contributed by atoms with Gasteiger partial charge in [-0.2, -0.15) is 0 Å². The molecule has 0 atom stereocenters. The summed E-state index contributed by atoms with van der Waals surface area (Å²) in [5.74, 6) is 1.57. The number of likely N-dealkylation sites (tertiary alicyclic amines) is 1. The van der Waals surface area contributed by atoms with Gasteiger partial charge >= 0.3 is 0 Å². The van der Waals surface area contributed by atoms with Gasteiger partial charge in [0.2, 0.25) is 0 Å². The Kier molecular flexibility index (Phi) is 7.20. The molecule has 128 valence electrons. The zero-order chi connectivity index (χ0) is 16.5. The maximum absolute atomic E-state index is 6.16. The highest BCUT2D eigenvalue weighted by molar-refractivity contribution is 5.78. The summed E-state index contributed by atoms with van der Waals surface area (Å²) in [6.07, 6.45) is 5.03. The molecule has 23 heavy (non-hydrogen) atoms. The number of benzene rings is 1. The lowest BCUT2D eigenvalue weighted by Crippen LogP contribution is -2.38. The van der Waals surface area contributed by atoms with Crippen LogP contribution in [0.25, 0.3) is 0 Å². The van der Waals surface area contributed by atoms with Crippen molar-refractivity contribution in [3.8, 4) is 5.75 Å². The van der Waals surface area contributed by atoms with Crippen molar-refractivity contribution in [2.45, 2.75) is 32.2 Å². The Morgan fingerprint density at radius 2 is 1.96 bits per heavy atom. The lowest BCUT2D eigenvalue weighted by atomic mass is 10.2. The summed E-state index contributed by atoms with van der Waals surface area (Å²) in [4.78, 5) is 8.89. The summed E-state index contributed by atoms with van der Waals surface area (Å²) in [7, 11) is 4.08. The lowest BCUT2D eigenvalue weighted by molar-refractivity contribution is 0.261. The van der Waals surface area contributed by atoms with Gasteiger partial charge in [-0.3, -0.25) is 0 Å². The average Bonchev–Trinajstić information content (AvgIpc) is 2.82. The Hall–Kier alpha value is -1.75. The molecule has 0 aromatic heterocycles. The van der Waals surface area contributed by atoms with Crippen LogP contribution in [0.5, 0.6) is 5.75 Å². The van der Waals surface area contributed by atoms with Crippen LogP contribution in [-0.4, -0.2) is 56.1 Å². The second kappa shape index (κ2) is 9.40. The molecule has 2 N–H and O–H groups in total. The van der Waals surface area contributed by atoms with Crippen molar-refractivity contribution in [3.05, 3.63) is 29.8 Å². The molecule has 0 aliphatic carbocycles. The third kappa shape index (κ3) is 6.48. The van der Waals surface area contributed by atoms with Gasteiger partial charge in [0.05, 0.1) is 6.54 Å². The number of rotatable bonds is 6. The first-order valence-corrected chi connectivity index (χ1v) is 8.56. The first-order chi connectivity index (χ1) is 11.1. The highest BCUT2D eigenvalue weighted by atomic mass is 16.5. The molecule has 2 rings (SSSR count). The van der Waals surface area contributed by atoms with Crippen LogP contribution in [0.4, 0.5) is 0 Å². The Bertz CT molecular complexity index is 494. The fraction of sp³-hybridized carbons (Fsp3) is 0.611. The van der Waals surface area contributed by atoms with Crippen LogP contribution in [0.15, 0.2) is 29.3 Å². The van der Waals surface area contributed by atoms with E-state index in [2.05, 4.69) is 26.9 Å². The van der Waals surface area contributed by atoms with E-state index in [0.717, 1.165) is 30.9 Å². The molecule has 5 nitrogen and oxygen atoms in total. The van der Waals surface area contributed by atoms with Crippen molar-refractivity contribution in [3.63, 3.8) is 0 Å². The predicted molar refractivity (Wildman–Crippen MR) is 95.9 cm³/mol. The molecular weight excluding hydrogens is 288 g/mol. The third-order valence-electron chi connectivity index (χ3n) is 4.06. The summed E-state index contributed by atoms with van der Waals surface area (Å²) in [6, 6.07) is 8.12. The molecular formula is C18H30N4O. The molecule has 0 spiro atoms. The van der Waals surface area contributed by atoms with Gasteiger partial charge in [-0.05, 0) is 44.6 Å². The fourth-order valence-electron chi connectivity index (χ4n) is 2.65. The second-order valence-corrected chi connectivity index (χ2v) is 6.37. The van der Waals surface area contributed by atoms with E-state index in [1.54, 1.807) is 0 Å². The standard InChI is InChI=1S/C18H30N4O/c1-21(2)12-13-23-17-9-7-8-16(14-17)15-20-18(19)22-10-5-3-4-6-11-22/h7-9,14H,3-6,10-13,15H2,1-2H3,(H2,19,20). The van der Waals surface area contributed by atoms with Crippen molar-refractivity contribution in [2.24, 2.45) is 10.7 Å². The maximum Gasteiger partial charge on any atom is 0.191 e. The van der Waals surface area contributed by atoms with Gasteiger partial charge in [0.25, 0.3) is 0 Å². The Morgan fingerprint density at radius 3 is 2.65 bits per heavy atom. The van der Waals surface area contributed by atoms with Gasteiger partial charge in [-0.15, -0.1) is 0 Å². The highest BCUT2D eigenvalue weighted by Crippen LogP contribution is 2.15. The van der Waals surface area contributed by atoms with Gasteiger partial charge in [0, 0.05) is 19.6 Å². The van der Waals surface area contributed by atoms with Crippen LogP contribution < -0.4 is 10.5 Å².